The van der Waals surface area contributed by atoms with Crippen molar-refractivity contribution in [3.05, 3.63) is 47.1 Å². The highest BCUT2D eigenvalue weighted by molar-refractivity contribution is 7.91. The lowest BCUT2D eigenvalue weighted by Gasteiger charge is -2.28. The summed E-state index contributed by atoms with van der Waals surface area (Å²) in [4.78, 5) is 10.9. The van der Waals surface area contributed by atoms with Crippen LogP contribution in [0.5, 0.6) is 0 Å². The molecule has 2 fully saturated rings. The van der Waals surface area contributed by atoms with Crippen LogP contribution < -0.4 is 10.2 Å². The highest BCUT2D eigenvalue weighted by Gasteiger charge is 2.56. The number of rotatable bonds is 3. The number of nitrogens with zero attached hydrogens (tertiary/aromatic N) is 3. The summed E-state index contributed by atoms with van der Waals surface area (Å²) in [6, 6.07) is 9.93. The Balaban J connectivity index is 1.73. The first-order chi connectivity index (χ1) is 11.9. The van der Waals surface area contributed by atoms with Gasteiger partial charge in [-0.15, -0.1) is 0 Å². The minimum absolute atomic E-state index is 0.0391. The van der Waals surface area contributed by atoms with Gasteiger partial charge in [-0.2, -0.15) is 4.98 Å². The predicted octanol–water partition coefficient (Wildman–Crippen LogP) is 1.97. The first kappa shape index (κ1) is 16.6. The number of benzene rings is 1. The van der Waals surface area contributed by atoms with Crippen LogP contribution in [-0.2, 0) is 15.3 Å². The molecule has 3 heterocycles. The highest BCUT2D eigenvalue weighted by Crippen LogP contribution is 2.46. The zero-order valence-electron chi connectivity index (χ0n) is 13.8. The Labute approximate surface area is 152 Å². The summed E-state index contributed by atoms with van der Waals surface area (Å²) in [6.45, 7) is 1.21. The second-order valence-corrected chi connectivity index (χ2v) is 9.29. The van der Waals surface area contributed by atoms with Crippen LogP contribution in [0.15, 0.2) is 36.5 Å². The van der Waals surface area contributed by atoms with Crippen molar-refractivity contribution in [1.82, 2.24) is 9.97 Å². The summed E-state index contributed by atoms with van der Waals surface area (Å²) in [5.41, 5.74) is 0.675. The quantitative estimate of drug-likeness (QED) is 0.880. The van der Waals surface area contributed by atoms with Gasteiger partial charge in [0.2, 0.25) is 5.95 Å². The maximum absolute atomic E-state index is 12.3. The van der Waals surface area contributed by atoms with Crippen molar-refractivity contribution in [3.8, 4) is 0 Å². The largest absolute Gasteiger partial charge is 0.372 e. The molecule has 0 bridgehead atoms. The molecule has 8 heteroatoms. The Kier molecular flexibility index (Phi) is 3.88. The van der Waals surface area contributed by atoms with Crippen LogP contribution in [0.2, 0.25) is 5.02 Å². The average Bonchev–Trinajstić information content (AvgIpc) is 3.06. The normalized spacial score (nSPS) is 27.3. The maximum atomic E-state index is 12.3. The topological polar surface area (TPSA) is 75.2 Å². The van der Waals surface area contributed by atoms with Crippen LogP contribution in [-0.4, -0.2) is 50.0 Å². The molecule has 2 atom stereocenters. The van der Waals surface area contributed by atoms with Crippen LogP contribution >= 0.6 is 11.6 Å². The number of fused-ring (bicyclic) bond motifs is 1. The summed E-state index contributed by atoms with van der Waals surface area (Å²) < 4.78 is 24.7. The summed E-state index contributed by atoms with van der Waals surface area (Å²) >= 11 is 6.07. The molecule has 25 heavy (non-hydrogen) atoms. The molecule has 0 aliphatic carbocycles. The van der Waals surface area contributed by atoms with Gasteiger partial charge >= 0.3 is 0 Å². The van der Waals surface area contributed by atoms with Crippen molar-refractivity contribution < 1.29 is 8.42 Å². The second-order valence-electron chi connectivity index (χ2n) is 6.77. The van der Waals surface area contributed by atoms with Crippen molar-refractivity contribution in [3.63, 3.8) is 0 Å². The molecule has 1 N–H and O–H groups in total. The molecular formula is C17H19ClN4O2S. The first-order valence-electron chi connectivity index (χ1n) is 8.15. The molecule has 2 aromatic rings. The Bertz CT molecular complexity index is 906. The minimum atomic E-state index is -3.04. The second kappa shape index (κ2) is 5.85. The lowest BCUT2D eigenvalue weighted by Crippen LogP contribution is -2.36. The third-order valence-corrected chi connectivity index (χ3v) is 7.37. The molecule has 0 spiro atoms. The molecule has 2 saturated heterocycles. The molecule has 0 saturated carbocycles. The molecule has 0 radical (unpaired) electrons. The van der Waals surface area contributed by atoms with Crippen molar-refractivity contribution in [2.75, 3.05) is 41.9 Å². The van der Waals surface area contributed by atoms with Gasteiger partial charge in [-0.1, -0.05) is 41.9 Å². The lowest BCUT2D eigenvalue weighted by molar-refractivity contribution is 0.438. The van der Waals surface area contributed by atoms with E-state index in [0.29, 0.717) is 29.9 Å². The maximum Gasteiger partial charge on any atom is 0.227 e. The molecule has 2 unspecified atom stereocenters. The molecule has 2 aliphatic heterocycles. The van der Waals surface area contributed by atoms with E-state index >= 15 is 0 Å². The molecule has 1 aromatic heterocycles. The number of aromatic nitrogens is 2. The number of nitrogens with one attached hydrogen (secondary N) is 1. The average molecular weight is 379 g/mol. The van der Waals surface area contributed by atoms with Gasteiger partial charge in [-0.3, -0.25) is 0 Å². The standard InChI is InChI=1S/C17H19ClN4O2S/c1-19-15-14(18)7-20-16(21-15)22-8-13-9-25(23,24)11-17(13,10-22)12-5-3-2-4-6-12/h2-7,13H,8-11H2,1H3,(H,19,20,21). The van der Waals surface area contributed by atoms with Gasteiger partial charge in [0.1, 0.15) is 10.8 Å². The van der Waals surface area contributed by atoms with Crippen LogP contribution in [0.4, 0.5) is 11.8 Å². The molecule has 6 nitrogen and oxygen atoms in total. The van der Waals surface area contributed by atoms with Gasteiger partial charge < -0.3 is 10.2 Å². The Morgan fingerprint density at radius 2 is 2.08 bits per heavy atom. The van der Waals surface area contributed by atoms with E-state index in [4.69, 9.17) is 11.6 Å². The molecule has 1 aromatic carbocycles. The summed E-state index contributed by atoms with van der Waals surface area (Å²) in [7, 11) is -1.28. The van der Waals surface area contributed by atoms with E-state index in [1.54, 1.807) is 13.2 Å². The monoisotopic (exact) mass is 378 g/mol. The first-order valence-corrected chi connectivity index (χ1v) is 10.3. The molecule has 2 aliphatic rings. The lowest BCUT2D eigenvalue weighted by atomic mass is 9.75. The van der Waals surface area contributed by atoms with Gasteiger partial charge in [0.25, 0.3) is 0 Å². The van der Waals surface area contributed by atoms with Gasteiger partial charge in [-0.05, 0) is 5.56 Å². The fourth-order valence-corrected chi connectivity index (χ4v) is 6.75. The van der Waals surface area contributed by atoms with Crippen molar-refractivity contribution in [1.29, 1.82) is 0 Å². The van der Waals surface area contributed by atoms with E-state index in [0.717, 1.165) is 5.56 Å². The summed E-state index contributed by atoms with van der Waals surface area (Å²) in [5, 5.41) is 3.42. The zero-order chi connectivity index (χ0) is 17.7. The zero-order valence-corrected chi connectivity index (χ0v) is 15.4. The molecule has 0 amide bonds. The van der Waals surface area contributed by atoms with Gasteiger partial charge in [-0.25, -0.2) is 13.4 Å². The van der Waals surface area contributed by atoms with E-state index in [2.05, 4.69) is 20.2 Å². The summed E-state index contributed by atoms with van der Waals surface area (Å²) in [6.07, 6.45) is 1.58. The number of anilines is 2. The number of hydrogen-bond donors (Lipinski definition) is 1. The van der Waals surface area contributed by atoms with Crippen molar-refractivity contribution >= 4 is 33.2 Å². The van der Waals surface area contributed by atoms with Crippen molar-refractivity contribution in [2.24, 2.45) is 5.92 Å². The third-order valence-electron chi connectivity index (χ3n) is 5.23. The minimum Gasteiger partial charge on any atom is -0.372 e. The van der Waals surface area contributed by atoms with Crippen LogP contribution in [0.25, 0.3) is 0 Å². The van der Waals surface area contributed by atoms with Crippen LogP contribution in [0.1, 0.15) is 5.56 Å². The molecular weight excluding hydrogens is 360 g/mol. The van der Waals surface area contributed by atoms with Gasteiger partial charge in [0, 0.05) is 31.5 Å². The Morgan fingerprint density at radius 3 is 2.80 bits per heavy atom. The van der Waals surface area contributed by atoms with Crippen molar-refractivity contribution in [2.45, 2.75) is 5.41 Å². The smallest absolute Gasteiger partial charge is 0.227 e. The third kappa shape index (κ3) is 2.75. The van der Waals surface area contributed by atoms with Gasteiger partial charge in [0.05, 0.1) is 17.7 Å². The highest BCUT2D eigenvalue weighted by atomic mass is 35.5. The van der Waals surface area contributed by atoms with E-state index in [-0.39, 0.29) is 17.4 Å². The van der Waals surface area contributed by atoms with E-state index in [1.807, 2.05) is 30.3 Å². The van der Waals surface area contributed by atoms with Gasteiger partial charge in [0.15, 0.2) is 9.84 Å². The Hall–Kier alpha value is -1.86. The van der Waals surface area contributed by atoms with E-state index < -0.39 is 15.3 Å². The molecule has 132 valence electrons. The summed E-state index contributed by atoms with van der Waals surface area (Å²) in [5.74, 6) is 1.58. The van der Waals surface area contributed by atoms with Crippen LogP contribution in [0, 0.1) is 5.92 Å². The van der Waals surface area contributed by atoms with E-state index in [9.17, 15) is 8.42 Å². The molecule has 4 rings (SSSR count). The Morgan fingerprint density at radius 1 is 1.32 bits per heavy atom. The fraction of sp³-hybridized carbons (Fsp3) is 0.412. The SMILES string of the molecule is CNc1nc(N2CC3CS(=O)(=O)CC3(c3ccccc3)C2)ncc1Cl. The number of halogens is 1. The number of hydrogen-bond acceptors (Lipinski definition) is 6. The fourth-order valence-electron chi connectivity index (χ4n) is 4.13. The van der Waals surface area contributed by atoms with E-state index in [1.165, 1.54) is 0 Å². The predicted molar refractivity (Wildman–Crippen MR) is 99.1 cm³/mol. The van der Waals surface area contributed by atoms with Crippen LogP contribution in [0.3, 0.4) is 0 Å². The number of sulfone groups is 1.